The summed E-state index contributed by atoms with van der Waals surface area (Å²) in [5, 5.41) is 6.96. The van der Waals surface area contributed by atoms with E-state index < -0.39 is 0 Å². The maximum absolute atomic E-state index is 11.5. The van der Waals surface area contributed by atoms with Crippen LogP contribution in [-0.4, -0.2) is 39.7 Å². The maximum Gasteiger partial charge on any atom is 0.337 e. The number of nitrogens with one attached hydrogen (secondary N) is 1. The zero-order valence-electron chi connectivity index (χ0n) is 12.7. The van der Waals surface area contributed by atoms with Crippen LogP contribution >= 0.6 is 0 Å². The van der Waals surface area contributed by atoms with Crippen molar-refractivity contribution in [2.75, 3.05) is 13.7 Å². The summed E-state index contributed by atoms with van der Waals surface area (Å²) >= 11 is 0. The zero-order chi connectivity index (χ0) is 15.4. The molecule has 3 rings (SSSR count). The molecule has 116 valence electrons. The Morgan fingerprint density at radius 1 is 1.36 bits per heavy atom. The van der Waals surface area contributed by atoms with Crippen LogP contribution in [0.5, 0.6) is 0 Å². The Bertz CT molecular complexity index is 610. The molecule has 6 heteroatoms. The second-order valence-electron chi connectivity index (χ2n) is 5.54. The molecule has 0 bridgehead atoms. The summed E-state index contributed by atoms with van der Waals surface area (Å²) in [5.74, 6) is 0.634. The van der Waals surface area contributed by atoms with Crippen molar-refractivity contribution < 1.29 is 9.53 Å². The molecule has 0 saturated carbocycles. The van der Waals surface area contributed by atoms with Crippen LogP contribution in [0.4, 0.5) is 0 Å². The third-order valence-corrected chi connectivity index (χ3v) is 4.12. The van der Waals surface area contributed by atoms with Gasteiger partial charge in [0, 0.05) is 6.54 Å². The first-order valence-corrected chi connectivity index (χ1v) is 7.54. The number of esters is 1. The smallest absolute Gasteiger partial charge is 0.337 e. The third kappa shape index (κ3) is 3.17. The van der Waals surface area contributed by atoms with Gasteiger partial charge in [0.2, 0.25) is 0 Å². The standard InChI is InChI=1S/C16H20N4O2/c1-22-16(21)13-7-5-12(6-8-13)10-20-9-3-2-4-14(20)15-17-11-18-19-15/h5-8,11,14H,2-4,9-10H2,1H3,(H,17,18,19). The molecule has 1 N–H and O–H groups in total. The predicted octanol–water partition coefficient (Wildman–Crippen LogP) is 2.32. The highest BCUT2D eigenvalue weighted by molar-refractivity contribution is 5.89. The SMILES string of the molecule is COC(=O)c1ccc(CN2CCCCC2c2ncn[nH]2)cc1. The lowest BCUT2D eigenvalue weighted by atomic mass is 10.0. The summed E-state index contributed by atoms with van der Waals surface area (Å²) in [5.41, 5.74) is 1.76. The van der Waals surface area contributed by atoms with E-state index >= 15 is 0 Å². The monoisotopic (exact) mass is 300 g/mol. The molecule has 1 aromatic carbocycles. The molecule has 1 aliphatic rings. The molecule has 0 spiro atoms. The summed E-state index contributed by atoms with van der Waals surface area (Å²) in [6.45, 7) is 1.89. The number of H-pyrrole nitrogens is 1. The van der Waals surface area contributed by atoms with Gasteiger partial charge in [0.25, 0.3) is 0 Å². The predicted molar refractivity (Wildman–Crippen MR) is 81.2 cm³/mol. The van der Waals surface area contributed by atoms with Gasteiger partial charge in [0.05, 0.1) is 18.7 Å². The zero-order valence-corrected chi connectivity index (χ0v) is 12.7. The number of hydrogen-bond acceptors (Lipinski definition) is 5. The van der Waals surface area contributed by atoms with Crippen molar-refractivity contribution in [2.24, 2.45) is 0 Å². The first-order chi connectivity index (χ1) is 10.8. The van der Waals surface area contributed by atoms with Gasteiger partial charge in [-0.2, -0.15) is 5.10 Å². The fourth-order valence-electron chi connectivity index (χ4n) is 2.96. The van der Waals surface area contributed by atoms with E-state index in [1.807, 2.05) is 24.3 Å². The van der Waals surface area contributed by atoms with Crippen LogP contribution in [0.25, 0.3) is 0 Å². The van der Waals surface area contributed by atoms with E-state index in [0.29, 0.717) is 5.56 Å². The molecule has 2 aromatic rings. The number of piperidine rings is 1. The summed E-state index contributed by atoms with van der Waals surface area (Å²) in [4.78, 5) is 18.2. The molecule has 1 aliphatic heterocycles. The summed E-state index contributed by atoms with van der Waals surface area (Å²) in [7, 11) is 1.39. The third-order valence-electron chi connectivity index (χ3n) is 4.12. The molecule has 0 aliphatic carbocycles. The van der Waals surface area contributed by atoms with Crippen molar-refractivity contribution in [2.45, 2.75) is 31.8 Å². The van der Waals surface area contributed by atoms with Gasteiger partial charge in [-0.15, -0.1) is 0 Å². The number of hydrogen-bond donors (Lipinski definition) is 1. The molecule has 6 nitrogen and oxygen atoms in total. The van der Waals surface area contributed by atoms with Crippen molar-refractivity contribution in [3.63, 3.8) is 0 Å². The van der Waals surface area contributed by atoms with E-state index in [2.05, 4.69) is 20.1 Å². The molecule has 0 amide bonds. The van der Waals surface area contributed by atoms with Crippen molar-refractivity contribution in [3.8, 4) is 0 Å². The maximum atomic E-state index is 11.5. The number of nitrogens with zero attached hydrogens (tertiary/aromatic N) is 3. The van der Waals surface area contributed by atoms with Gasteiger partial charge in [-0.1, -0.05) is 18.6 Å². The Labute approximate surface area is 129 Å². The highest BCUT2D eigenvalue weighted by atomic mass is 16.5. The first kappa shape index (κ1) is 14.7. The van der Waals surface area contributed by atoms with Gasteiger partial charge in [0.1, 0.15) is 12.2 Å². The highest BCUT2D eigenvalue weighted by Crippen LogP contribution is 2.29. The molecule has 1 fully saturated rings. The minimum absolute atomic E-state index is 0.288. The minimum Gasteiger partial charge on any atom is -0.465 e. The molecule has 1 atom stereocenters. The normalized spacial score (nSPS) is 19.0. The Hall–Kier alpha value is -2.21. The van der Waals surface area contributed by atoms with Gasteiger partial charge in [-0.25, -0.2) is 9.78 Å². The number of aromatic amines is 1. The molecular weight excluding hydrogens is 280 g/mol. The summed E-state index contributed by atoms with van der Waals surface area (Å²) in [6.07, 6.45) is 5.07. The Balaban J connectivity index is 1.71. The number of benzene rings is 1. The Morgan fingerprint density at radius 2 is 2.18 bits per heavy atom. The van der Waals surface area contributed by atoms with Crippen LogP contribution in [0.2, 0.25) is 0 Å². The topological polar surface area (TPSA) is 71.1 Å². The second-order valence-corrected chi connectivity index (χ2v) is 5.54. The highest BCUT2D eigenvalue weighted by Gasteiger charge is 2.26. The summed E-state index contributed by atoms with van der Waals surface area (Å²) in [6, 6.07) is 7.89. The van der Waals surface area contributed by atoms with Gasteiger partial charge in [0.15, 0.2) is 0 Å². The van der Waals surface area contributed by atoms with Crippen LogP contribution in [-0.2, 0) is 11.3 Å². The molecule has 0 radical (unpaired) electrons. The second kappa shape index (κ2) is 6.70. The van der Waals surface area contributed by atoms with Gasteiger partial charge in [-0.3, -0.25) is 10.00 Å². The van der Waals surface area contributed by atoms with E-state index in [-0.39, 0.29) is 12.0 Å². The largest absolute Gasteiger partial charge is 0.465 e. The minimum atomic E-state index is -0.302. The Morgan fingerprint density at radius 3 is 2.86 bits per heavy atom. The first-order valence-electron chi connectivity index (χ1n) is 7.54. The van der Waals surface area contributed by atoms with Crippen LogP contribution in [0.15, 0.2) is 30.6 Å². The van der Waals surface area contributed by atoms with Crippen LogP contribution in [0.1, 0.15) is 47.1 Å². The number of ether oxygens (including phenoxy) is 1. The van der Waals surface area contributed by atoms with Crippen molar-refractivity contribution in [1.29, 1.82) is 0 Å². The van der Waals surface area contributed by atoms with Gasteiger partial charge in [-0.05, 0) is 37.1 Å². The molecule has 22 heavy (non-hydrogen) atoms. The van der Waals surface area contributed by atoms with Crippen molar-refractivity contribution >= 4 is 5.97 Å². The molecule has 2 heterocycles. The van der Waals surface area contributed by atoms with E-state index in [4.69, 9.17) is 4.74 Å². The van der Waals surface area contributed by atoms with Gasteiger partial charge < -0.3 is 4.74 Å². The molecule has 1 aromatic heterocycles. The van der Waals surface area contributed by atoms with E-state index in [1.54, 1.807) is 6.33 Å². The van der Waals surface area contributed by atoms with Crippen LogP contribution in [0, 0.1) is 0 Å². The van der Waals surface area contributed by atoms with Crippen molar-refractivity contribution in [3.05, 3.63) is 47.5 Å². The lowest BCUT2D eigenvalue weighted by Gasteiger charge is -2.34. The average Bonchev–Trinajstić information content (AvgIpc) is 3.10. The van der Waals surface area contributed by atoms with Crippen molar-refractivity contribution in [1.82, 2.24) is 20.1 Å². The number of carbonyl (C=O) groups is 1. The number of likely N-dealkylation sites (tertiary alicyclic amines) is 1. The van der Waals surface area contributed by atoms with E-state index in [0.717, 1.165) is 25.3 Å². The van der Waals surface area contributed by atoms with Crippen LogP contribution < -0.4 is 0 Å². The van der Waals surface area contributed by atoms with Crippen LogP contribution in [0.3, 0.4) is 0 Å². The number of aromatic nitrogens is 3. The number of rotatable bonds is 4. The lowest BCUT2D eigenvalue weighted by molar-refractivity contribution is 0.0600. The number of carbonyl (C=O) groups excluding carboxylic acids is 1. The molecular formula is C16H20N4O2. The number of methoxy groups -OCH3 is 1. The molecule has 1 unspecified atom stereocenters. The fourth-order valence-corrected chi connectivity index (χ4v) is 2.96. The average molecular weight is 300 g/mol. The molecule has 1 saturated heterocycles. The Kier molecular flexibility index (Phi) is 4.48. The fraction of sp³-hybridized carbons (Fsp3) is 0.438. The van der Waals surface area contributed by atoms with E-state index in [1.165, 1.54) is 25.5 Å². The quantitative estimate of drug-likeness (QED) is 0.877. The van der Waals surface area contributed by atoms with E-state index in [9.17, 15) is 4.79 Å². The lowest BCUT2D eigenvalue weighted by Crippen LogP contribution is -2.33. The van der Waals surface area contributed by atoms with Gasteiger partial charge >= 0.3 is 5.97 Å². The summed E-state index contributed by atoms with van der Waals surface area (Å²) < 4.78 is 4.72.